The number of ketones is 1. The summed E-state index contributed by atoms with van der Waals surface area (Å²) in [5, 5.41) is 21.8. The summed E-state index contributed by atoms with van der Waals surface area (Å²) >= 11 is 0. The molecular weight excluding hydrogens is 422 g/mol. The lowest BCUT2D eigenvalue weighted by molar-refractivity contribution is -0.385. The summed E-state index contributed by atoms with van der Waals surface area (Å²) in [5.41, 5.74) is 3.39. The first-order valence-corrected chi connectivity index (χ1v) is 10.2. The van der Waals surface area contributed by atoms with Crippen LogP contribution in [0.3, 0.4) is 0 Å². The van der Waals surface area contributed by atoms with E-state index in [0.29, 0.717) is 35.4 Å². The maximum absolute atomic E-state index is 13.3. The van der Waals surface area contributed by atoms with Crippen LogP contribution in [0.5, 0.6) is 0 Å². The summed E-state index contributed by atoms with van der Waals surface area (Å²) in [4.78, 5) is 36.2. The molecule has 8 nitrogen and oxygen atoms in total. The van der Waals surface area contributed by atoms with Gasteiger partial charge >= 0.3 is 0 Å². The molecule has 0 amide bonds. The second-order valence-corrected chi connectivity index (χ2v) is 7.56. The van der Waals surface area contributed by atoms with Crippen molar-refractivity contribution in [1.29, 1.82) is 0 Å². The molecule has 0 radical (unpaired) electrons. The van der Waals surface area contributed by atoms with E-state index in [-0.39, 0.29) is 17.2 Å². The van der Waals surface area contributed by atoms with Crippen LogP contribution in [0, 0.1) is 20.2 Å². The lowest BCUT2D eigenvalue weighted by atomic mass is 9.93. The average molecular weight is 441 g/mol. The number of para-hydroxylation sites is 1. The van der Waals surface area contributed by atoms with E-state index in [1.54, 1.807) is 36.4 Å². The van der Waals surface area contributed by atoms with Gasteiger partial charge in [-0.05, 0) is 59.7 Å². The van der Waals surface area contributed by atoms with Gasteiger partial charge in [0.15, 0.2) is 5.78 Å². The number of rotatable bonds is 5. The Kier molecular flexibility index (Phi) is 6.08. The van der Waals surface area contributed by atoms with Crippen molar-refractivity contribution < 1.29 is 14.6 Å². The summed E-state index contributed by atoms with van der Waals surface area (Å²) in [7, 11) is 0. The van der Waals surface area contributed by atoms with Crippen molar-refractivity contribution in [3.05, 3.63) is 121 Å². The normalized spacial score (nSPS) is 16.2. The number of nitro groups is 2. The Morgan fingerprint density at radius 2 is 1.09 bits per heavy atom. The number of piperidine rings is 1. The number of nitrogens with zero attached hydrogens (tertiary/aromatic N) is 3. The third-order valence-corrected chi connectivity index (χ3v) is 5.32. The van der Waals surface area contributed by atoms with Gasteiger partial charge in [-0.3, -0.25) is 25.0 Å². The van der Waals surface area contributed by atoms with Gasteiger partial charge in [0.1, 0.15) is 0 Å². The standard InChI is InChI=1S/C25H19N3O5/c29-25-20(14-18-6-10-23(11-7-18)27(30)31)16-26(22-4-2-1-3-5-22)17-21(25)15-19-8-12-24(13-9-19)28(32)33/h1-15H,16-17H2/b20-14-,21-15+. The van der Waals surface area contributed by atoms with E-state index >= 15 is 0 Å². The van der Waals surface area contributed by atoms with Crippen molar-refractivity contribution in [2.24, 2.45) is 0 Å². The highest BCUT2D eigenvalue weighted by atomic mass is 16.6. The van der Waals surface area contributed by atoms with Gasteiger partial charge in [-0.1, -0.05) is 18.2 Å². The van der Waals surface area contributed by atoms with Gasteiger partial charge in [-0.15, -0.1) is 0 Å². The van der Waals surface area contributed by atoms with Crippen LogP contribution >= 0.6 is 0 Å². The molecule has 1 aliphatic rings. The van der Waals surface area contributed by atoms with Gasteiger partial charge in [0.05, 0.1) is 9.85 Å². The highest BCUT2D eigenvalue weighted by Crippen LogP contribution is 2.27. The molecule has 164 valence electrons. The van der Waals surface area contributed by atoms with Crippen molar-refractivity contribution in [3.63, 3.8) is 0 Å². The van der Waals surface area contributed by atoms with Crippen molar-refractivity contribution in [2.75, 3.05) is 18.0 Å². The van der Waals surface area contributed by atoms with Crippen LogP contribution in [0.1, 0.15) is 11.1 Å². The fourth-order valence-electron chi connectivity index (χ4n) is 3.65. The number of carbonyl (C=O) groups excluding carboxylic acids is 1. The van der Waals surface area contributed by atoms with Crippen molar-refractivity contribution in [1.82, 2.24) is 0 Å². The van der Waals surface area contributed by atoms with E-state index in [0.717, 1.165) is 5.69 Å². The molecule has 33 heavy (non-hydrogen) atoms. The highest BCUT2D eigenvalue weighted by molar-refractivity contribution is 6.15. The second kappa shape index (κ2) is 9.27. The average Bonchev–Trinajstić information content (AvgIpc) is 2.82. The SMILES string of the molecule is O=C1/C(=C\c2ccc([N+](=O)[O-])cc2)CN(c2ccccc2)C/C1=C\c1ccc([N+](=O)[O-])cc1. The number of non-ortho nitro benzene ring substituents is 2. The van der Waals surface area contributed by atoms with E-state index in [1.807, 2.05) is 30.3 Å². The Morgan fingerprint density at radius 1 is 0.667 bits per heavy atom. The molecule has 0 N–H and O–H groups in total. The smallest absolute Gasteiger partial charge is 0.269 e. The van der Waals surface area contributed by atoms with Crippen LogP contribution in [0.25, 0.3) is 12.2 Å². The largest absolute Gasteiger partial charge is 0.363 e. The predicted molar refractivity (Wildman–Crippen MR) is 126 cm³/mol. The molecule has 0 spiro atoms. The molecule has 1 fully saturated rings. The summed E-state index contributed by atoms with van der Waals surface area (Å²) in [6, 6.07) is 21.7. The van der Waals surface area contributed by atoms with Crippen LogP contribution in [0.4, 0.5) is 17.1 Å². The topological polar surface area (TPSA) is 107 Å². The summed E-state index contributed by atoms with van der Waals surface area (Å²) in [6.07, 6.45) is 3.48. The monoisotopic (exact) mass is 441 g/mol. The molecule has 0 bridgehead atoms. The number of carbonyl (C=O) groups is 1. The first-order valence-electron chi connectivity index (χ1n) is 10.2. The first kappa shape index (κ1) is 21.6. The van der Waals surface area contributed by atoms with Crippen molar-refractivity contribution in [2.45, 2.75) is 0 Å². The summed E-state index contributed by atoms with van der Waals surface area (Å²) < 4.78 is 0. The van der Waals surface area contributed by atoms with Gasteiger partial charge in [-0.25, -0.2) is 0 Å². The second-order valence-electron chi connectivity index (χ2n) is 7.56. The number of Topliss-reactive ketones (excluding diaryl/α,β-unsaturated/α-hetero) is 1. The van der Waals surface area contributed by atoms with Gasteiger partial charge < -0.3 is 4.90 Å². The Labute approximate surface area is 189 Å². The molecule has 1 heterocycles. The van der Waals surface area contributed by atoms with E-state index < -0.39 is 9.85 Å². The zero-order chi connectivity index (χ0) is 23.4. The van der Waals surface area contributed by atoms with Crippen molar-refractivity contribution in [3.8, 4) is 0 Å². The molecular formula is C25H19N3O5. The Hall–Kier alpha value is -4.59. The number of hydrogen-bond donors (Lipinski definition) is 0. The zero-order valence-corrected chi connectivity index (χ0v) is 17.5. The quantitative estimate of drug-likeness (QED) is 0.311. The number of hydrogen-bond acceptors (Lipinski definition) is 6. The Morgan fingerprint density at radius 3 is 1.48 bits per heavy atom. The summed E-state index contributed by atoms with van der Waals surface area (Å²) in [5.74, 6) is -0.126. The van der Waals surface area contributed by atoms with Crippen LogP contribution in [0.15, 0.2) is 90.0 Å². The van der Waals surface area contributed by atoms with Crippen LogP contribution in [0.2, 0.25) is 0 Å². The minimum atomic E-state index is -0.467. The number of benzene rings is 3. The van der Waals surface area contributed by atoms with E-state index in [1.165, 1.54) is 24.3 Å². The fourth-order valence-corrected chi connectivity index (χ4v) is 3.65. The molecule has 8 heteroatoms. The molecule has 3 aromatic rings. The minimum absolute atomic E-state index is 0.0169. The van der Waals surface area contributed by atoms with Crippen LogP contribution < -0.4 is 4.90 Å². The predicted octanol–water partition coefficient (Wildman–Crippen LogP) is 5.06. The lowest BCUT2D eigenvalue weighted by Gasteiger charge is -2.31. The first-order chi connectivity index (χ1) is 15.9. The van der Waals surface area contributed by atoms with Gasteiger partial charge in [0, 0.05) is 54.2 Å². The van der Waals surface area contributed by atoms with Crippen LogP contribution in [-0.2, 0) is 4.79 Å². The van der Waals surface area contributed by atoms with Crippen LogP contribution in [-0.4, -0.2) is 28.7 Å². The molecule has 4 rings (SSSR count). The Bertz CT molecular complexity index is 1180. The molecule has 0 aromatic heterocycles. The maximum atomic E-state index is 13.3. The molecule has 1 aliphatic heterocycles. The molecule has 0 aliphatic carbocycles. The van der Waals surface area contributed by atoms with E-state index in [4.69, 9.17) is 0 Å². The van der Waals surface area contributed by atoms with Gasteiger partial charge in [-0.2, -0.15) is 0 Å². The number of nitro benzene ring substituents is 2. The fraction of sp³-hybridized carbons (Fsp3) is 0.0800. The molecule has 3 aromatic carbocycles. The molecule has 0 unspecified atom stereocenters. The molecule has 0 saturated carbocycles. The van der Waals surface area contributed by atoms with E-state index in [9.17, 15) is 25.0 Å². The highest BCUT2D eigenvalue weighted by Gasteiger charge is 2.26. The third-order valence-electron chi connectivity index (χ3n) is 5.32. The van der Waals surface area contributed by atoms with Gasteiger partial charge in [0.2, 0.25) is 0 Å². The minimum Gasteiger partial charge on any atom is -0.363 e. The third kappa shape index (κ3) is 5.01. The summed E-state index contributed by atoms with van der Waals surface area (Å²) in [6.45, 7) is 0.773. The van der Waals surface area contributed by atoms with Crippen molar-refractivity contribution >= 4 is 35.0 Å². The lowest BCUT2D eigenvalue weighted by Crippen LogP contribution is -2.37. The molecule has 1 saturated heterocycles. The van der Waals surface area contributed by atoms with E-state index in [2.05, 4.69) is 4.90 Å². The number of anilines is 1. The molecule has 0 atom stereocenters. The zero-order valence-electron chi connectivity index (χ0n) is 17.5. The Balaban J connectivity index is 1.70. The van der Waals surface area contributed by atoms with Gasteiger partial charge in [0.25, 0.3) is 11.4 Å². The maximum Gasteiger partial charge on any atom is 0.269 e.